The fraction of sp³-hybridized carbons (Fsp3) is 0. The maximum Gasteiger partial charge on any atom is 0.271 e. The van der Waals surface area contributed by atoms with Crippen molar-refractivity contribution in [3.63, 3.8) is 0 Å². The van der Waals surface area contributed by atoms with Crippen LogP contribution in [-0.4, -0.2) is 20.1 Å². The van der Waals surface area contributed by atoms with E-state index < -0.39 is 4.92 Å². The fourth-order valence-corrected chi connectivity index (χ4v) is 2.51. The summed E-state index contributed by atoms with van der Waals surface area (Å²) in [7, 11) is 0. The summed E-state index contributed by atoms with van der Waals surface area (Å²) in [6.07, 6.45) is 1.61. The SMILES string of the molecule is NC(=S)N=N/C(=C/c1c(O)[nH]c2cc([N+](=O)[O-])ccc12)c1ccccc1. The van der Waals surface area contributed by atoms with Gasteiger partial charge in [-0.1, -0.05) is 30.3 Å². The zero-order chi connectivity index (χ0) is 18.7. The summed E-state index contributed by atoms with van der Waals surface area (Å²) in [5, 5.41) is 29.4. The van der Waals surface area contributed by atoms with Crippen LogP contribution in [0.1, 0.15) is 11.1 Å². The summed E-state index contributed by atoms with van der Waals surface area (Å²) in [5.41, 5.74) is 7.33. The Kier molecular flexibility index (Phi) is 4.72. The summed E-state index contributed by atoms with van der Waals surface area (Å²) in [6, 6.07) is 13.4. The molecule has 8 nitrogen and oxygen atoms in total. The number of aromatic nitrogens is 1. The Morgan fingerprint density at radius 2 is 1.96 bits per heavy atom. The van der Waals surface area contributed by atoms with Gasteiger partial charge in [0.15, 0.2) is 5.88 Å². The summed E-state index contributed by atoms with van der Waals surface area (Å²) >= 11 is 4.72. The number of nitrogens with two attached hydrogens (primary N) is 1. The van der Waals surface area contributed by atoms with Gasteiger partial charge in [-0.15, -0.1) is 10.2 Å². The van der Waals surface area contributed by atoms with Gasteiger partial charge in [0.2, 0.25) is 5.11 Å². The van der Waals surface area contributed by atoms with Gasteiger partial charge in [0.1, 0.15) is 0 Å². The van der Waals surface area contributed by atoms with Crippen molar-refractivity contribution in [3.8, 4) is 5.88 Å². The van der Waals surface area contributed by atoms with Crippen LogP contribution in [0.4, 0.5) is 5.69 Å². The number of nitrogens with one attached hydrogen (secondary N) is 1. The standard InChI is InChI=1S/C17H13N5O3S/c18-17(26)21-20-14(10-4-2-1-3-5-10)9-13-12-7-6-11(22(24)25)8-15(12)19-16(13)23/h1-9,19,23H,(H2,18,26)/b14-9+,21-20?. The lowest BCUT2D eigenvalue weighted by Crippen LogP contribution is -2.01. The maximum atomic E-state index is 10.9. The van der Waals surface area contributed by atoms with Gasteiger partial charge in [0.05, 0.1) is 16.1 Å². The third-order valence-electron chi connectivity index (χ3n) is 3.62. The Morgan fingerprint density at radius 1 is 1.23 bits per heavy atom. The van der Waals surface area contributed by atoms with Crippen LogP contribution in [0, 0.1) is 10.1 Å². The molecule has 0 aliphatic carbocycles. The first-order valence-corrected chi connectivity index (χ1v) is 7.84. The molecule has 3 rings (SSSR count). The quantitative estimate of drug-likeness (QED) is 0.278. The molecule has 0 fully saturated rings. The number of hydrogen-bond donors (Lipinski definition) is 3. The molecule has 130 valence electrons. The molecule has 0 aliphatic rings. The molecule has 9 heteroatoms. The van der Waals surface area contributed by atoms with E-state index in [1.54, 1.807) is 12.1 Å². The normalized spacial score (nSPS) is 11.9. The van der Waals surface area contributed by atoms with Crippen LogP contribution < -0.4 is 5.73 Å². The fourth-order valence-electron chi connectivity index (χ4n) is 2.47. The molecule has 0 radical (unpaired) electrons. The average Bonchev–Trinajstić information content (AvgIpc) is 2.93. The lowest BCUT2D eigenvalue weighted by atomic mass is 10.1. The molecule has 0 saturated carbocycles. The Balaban J connectivity index is 2.17. The van der Waals surface area contributed by atoms with E-state index in [9.17, 15) is 15.2 Å². The zero-order valence-corrected chi connectivity index (χ0v) is 14.1. The Bertz CT molecular complexity index is 1060. The molecule has 4 N–H and O–H groups in total. The Morgan fingerprint density at radius 3 is 2.62 bits per heavy atom. The van der Waals surface area contributed by atoms with E-state index in [2.05, 4.69) is 15.2 Å². The minimum Gasteiger partial charge on any atom is -0.494 e. The van der Waals surface area contributed by atoms with Crippen molar-refractivity contribution < 1.29 is 10.0 Å². The number of azo groups is 1. The second kappa shape index (κ2) is 7.11. The molecule has 0 aliphatic heterocycles. The highest BCUT2D eigenvalue weighted by atomic mass is 32.1. The van der Waals surface area contributed by atoms with E-state index >= 15 is 0 Å². The van der Waals surface area contributed by atoms with Crippen molar-refractivity contribution in [2.24, 2.45) is 16.0 Å². The van der Waals surface area contributed by atoms with Crippen molar-refractivity contribution in [1.82, 2.24) is 4.98 Å². The Labute approximate surface area is 152 Å². The highest BCUT2D eigenvalue weighted by Crippen LogP contribution is 2.33. The van der Waals surface area contributed by atoms with Crippen LogP contribution in [-0.2, 0) is 0 Å². The number of rotatable bonds is 4. The van der Waals surface area contributed by atoms with Gasteiger partial charge >= 0.3 is 0 Å². The first kappa shape index (κ1) is 17.2. The molecule has 3 aromatic rings. The number of nitrogens with zero attached hydrogens (tertiary/aromatic N) is 3. The van der Waals surface area contributed by atoms with E-state index in [0.717, 1.165) is 5.56 Å². The molecule has 1 aromatic heterocycles. The number of aromatic amines is 1. The van der Waals surface area contributed by atoms with E-state index in [0.29, 0.717) is 22.2 Å². The van der Waals surface area contributed by atoms with Crippen LogP contribution in [0.5, 0.6) is 5.88 Å². The number of non-ortho nitro benzene ring substituents is 1. The number of fused-ring (bicyclic) bond motifs is 1. The van der Waals surface area contributed by atoms with Gasteiger partial charge in [0.25, 0.3) is 5.69 Å². The van der Waals surface area contributed by atoms with Crippen LogP contribution >= 0.6 is 12.2 Å². The third kappa shape index (κ3) is 3.57. The largest absolute Gasteiger partial charge is 0.494 e. The molecule has 0 amide bonds. The highest BCUT2D eigenvalue weighted by Gasteiger charge is 2.14. The number of nitro benzene ring substituents is 1. The zero-order valence-electron chi connectivity index (χ0n) is 13.3. The average molecular weight is 367 g/mol. The maximum absolute atomic E-state index is 10.9. The number of nitro groups is 1. The minimum atomic E-state index is -0.501. The molecular weight excluding hydrogens is 354 g/mol. The number of hydrogen-bond acceptors (Lipinski definition) is 5. The second-order valence-electron chi connectivity index (χ2n) is 5.31. The van der Waals surface area contributed by atoms with Gasteiger partial charge in [-0.05, 0) is 24.4 Å². The summed E-state index contributed by atoms with van der Waals surface area (Å²) < 4.78 is 0. The summed E-state index contributed by atoms with van der Waals surface area (Å²) in [5.74, 6) is -0.139. The molecule has 0 saturated heterocycles. The van der Waals surface area contributed by atoms with Gasteiger partial charge in [-0.3, -0.25) is 10.1 Å². The molecule has 1 heterocycles. The van der Waals surface area contributed by atoms with Gasteiger partial charge in [-0.25, -0.2) is 0 Å². The number of aromatic hydroxyl groups is 1. The summed E-state index contributed by atoms with van der Waals surface area (Å²) in [6.45, 7) is 0. The van der Waals surface area contributed by atoms with Crippen LogP contribution in [0.15, 0.2) is 58.8 Å². The lowest BCUT2D eigenvalue weighted by Gasteiger charge is -2.01. The molecule has 0 atom stereocenters. The van der Waals surface area contributed by atoms with Crippen molar-refractivity contribution >= 4 is 45.7 Å². The number of H-pyrrole nitrogens is 1. The van der Waals surface area contributed by atoms with Gasteiger partial charge in [0, 0.05) is 28.6 Å². The van der Waals surface area contributed by atoms with Gasteiger partial charge < -0.3 is 15.8 Å². The van der Waals surface area contributed by atoms with E-state index in [4.69, 9.17) is 18.0 Å². The molecule has 2 aromatic carbocycles. The first-order valence-electron chi connectivity index (χ1n) is 7.43. The second-order valence-corrected chi connectivity index (χ2v) is 5.73. The summed E-state index contributed by atoms with van der Waals surface area (Å²) in [4.78, 5) is 13.1. The van der Waals surface area contributed by atoms with Crippen molar-refractivity contribution in [1.29, 1.82) is 0 Å². The minimum absolute atomic E-state index is 0.0780. The topological polar surface area (TPSA) is 130 Å². The van der Waals surface area contributed by atoms with Crippen molar-refractivity contribution in [2.45, 2.75) is 0 Å². The predicted octanol–water partition coefficient (Wildman–Crippen LogP) is 3.98. The molecule has 0 unspecified atom stereocenters. The molecule has 0 spiro atoms. The van der Waals surface area contributed by atoms with E-state index in [1.165, 1.54) is 12.1 Å². The highest BCUT2D eigenvalue weighted by molar-refractivity contribution is 7.80. The molecule has 26 heavy (non-hydrogen) atoms. The van der Waals surface area contributed by atoms with Crippen molar-refractivity contribution in [3.05, 3.63) is 69.8 Å². The molecule has 0 bridgehead atoms. The number of benzene rings is 2. The first-order chi connectivity index (χ1) is 12.5. The third-order valence-corrected chi connectivity index (χ3v) is 3.70. The molecular formula is C17H13N5O3S. The lowest BCUT2D eigenvalue weighted by molar-refractivity contribution is -0.384. The Hall–Kier alpha value is -3.59. The van der Waals surface area contributed by atoms with Gasteiger partial charge in [-0.2, -0.15) is 0 Å². The smallest absolute Gasteiger partial charge is 0.271 e. The van der Waals surface area contributed by atoms with Crippen LogP contribution in [0.2, 0.25) is 0 Å². The monoisotopic (exact) mass is 367 g/mol. The van der Waals surface area contributed by atoms with Crippen LogP contribution in [0.3, 0.4) is 0 Å². The van der Waals surface area contributed by atoms with Crippen molar-refractivity contribution in [2.75, 3.05) is 0 Å². The van der Waals surface area contributed by atoms with E-state index in [1.807, 2.05) is 30.3 Å². The van der Waals surface area contributed by atoms with E-state index in [-0.39, 0.29) is 16.7 Å². The predicted molar refractivity (Wildman–Crippen MR) is 103 cm³/mol. The van der Waals surface area contributed by atoms with Crippen LogP contribution in [0.25, 0.3) is 22.7 Å². The number of thiocarbonyl (C=S) groups is 1.